The lowest BCUT2D eigenvalue weighted by atomic mass is 10.1. The lowest BCUT2D eigenvalue weighted by Crippen LogP contribution is -2.44. The molecule has 2 heterocycles. The minimum absolute atomic E-state index is 0.120. The van der Waals surface area contributed by atoms with Crippen molar-refractivity contribution < 1.29 is 9.32 Å². The van der Waals surface area contributed by atoms with Crippen molar-refractivity contribution in [3.63, 3.8) is 0 Å². The maximum absolute atomic E-state index is 12.2. The summed E-state index contributed by atoms with van der Waals surface area (Å²) >= 11 is 0. The fraction of sp³-hybridized carbons (Fsp3) is 0.471. The number of urea groups is 1. The van der Waals surface area contributed by atoms with Crippen LogP contribution < -0.4 is 5.32 Å². The van der Waals surface area contributed by atoms with E-state index in [4.69, 9.17) is 4.52 Å². The molecular formula is C17H23N5O2. The highest BCUT2D eigenvalue weighted by Gasteiger charge is 2.26. The maximum Gasteiger partial charge on any atom is 0.317 e. The standard InChI is InChI=1S/C17H23N5O2/c1-12-5-4-6-13(9-12)16-19-15(24-20-16)10-18-17(23)22(3)14-7-8-21(2)11-14/h4-6,9,14H,7-8,10-11H2,1-3H3,(H,18,23)/t14-/m1/s1. The second kappa shape index (κ2) is 7.00. The van der Waals surface area contributed by atoms with Crippen LogP contribution in [0.3, 0.4) is 0 Å². The molecule has 0 radical (unpaired) electrons. The monoisotopic (exact) mass is 329 g/mol. The summed E-state index contributed by atoms with van der Waals surface area (Å²) in [5.41, 5.74) is 2.04. The number of likely N-dealkylation sites (N-methyl/N-ethyl adjacent to an activating group) is 2. The second-order valence-corrected chi connectivity index (χ2v) is 6.36. The third kappa shape index (κ3) is 3.73. The van der Waals surface area contributed by atoms with Gasteiger partial charge in [0, 0.05) is 25.2 Å². The molecule has 1 aromatic carbocycles. The van der Waals surface area contributed by atoms with E-state index in [2.05, 4.69) is 27.4 Å². The van der Waals surface area contributed by atoms with Gasteiger partial charge in [0.25, 0.3) is 0 Å². The first kappa shape index (κ1) is 16.4. The third-order valence-electron chi connectivity index (χ3n) is 4.37. The van der Waals surface area contributed by atoms with Gasteiger partial charge in [-0.25, -0.2) is 4.79 Å². The Morgan fingerprint density at radius 1 is 1.50 bits per heavy atom. The van der Waals surface area contributed by atoms with E-state index in [-0.39, 0.29) is 18.6 Å². The van der Waals surface area contributed by atoms with Crippen molar-refractivity contribution in [2.45, 2.75) is 25.9 Å². The number of rotatable bonds is 4. The van der Waals surface area contributed by atoms with Crippen LogP contribution in [0.5, 0.6) is 0 Å². The first-order valence-electron chi connectivity index (χ1n) is 8.12. The maximum atomic E-state index is 12.2. The lowest BCUT2D eigenvalue weighted by molar-refractivity contribution is 0.188. The molecular weight excluding hydrogens is 306 g/mol. The first-order valence-corrected chi connectivity index (χ1v) is 8.12. The van der Waals surface area contributed by atoms with Crippen LogP contribution >= 0.6 is 0 Å². The molecule has 1 atom stereocenters. The molecule has 7 nitrogen and oxygen atoms in total. The van der Waals surface area contributed by atoms with Crippen molar-refractivity contribution in [3.05, 3.63) is 35.7 Å². The van der Waals surface area contributed by atoms with Gasteiger partial charge in [-0.3, -0.25) is 0 Å². The van der Waals surface area contributed by atoms with E-state index in [9.17, 15) is 4.79 Å². The summed E-state index contributed by atoms with van der Waals surface area (Å²) in [5.74, 6) is 0.936. The average Bonchev–Trinajstić information content (AvgIpc) is 3.21. The fourth-order valence-electron chi connectivity index (χ4n) is 2.90. The number of nitrogens with one attached hydrogen (secondary N) is 1. The van der Waals surface area contributed by atoms with Crippen LogP contribution in [0.4, 0.5) is 4.79 Å². The third-order valence-corrected chi connectivity index (χ3v) is 4.37. The molecule has 1 aromatic heterocycles. The van der Waals surface area contributed by atoms with Gasteiger partial charge in [-0.15, -0.1) is 0 Å². The summed E-state index contributed by atoms with van der Waals surface area (Å²) in [6, 6.07) is 8.03. The molecule has 0 bridgehead atoms. The van der Waals surface area contributed by atoms with Gasteiger partial charge in [-0.05, 0) is 33.0 Å². The van der Waals surface area contributed by atoms with Crippen LogP contribution in [-0.2, 0) is 6.54 Å². The molecule has 24 heavy (non-hydrogen) atoms. The van der Waals surface area contributed by atoms with Gasteiger partial charge >= 0.3 is 6.03 Å². The summed E-state index contributed by atoms with van der Waals surface area (Å²) < 4.78 is 5.23. The summed E-state index contributed by atoms with van der Waals surface area (Å²) in [7, 11) is 3.89. The Bertz CT molecular complexity index is 715. The zero-order valence-electron chi connectivity index (χ0n) is 14.3. The van der Waals surface area contributed by atoms with Crippen molar-refractivity contribution in [2.24, 2.45) is 0 Å². The van der Waals surface area contributed by atoms with Gasteiger partial charge in [0.1, 0.15) is 0 Å². The van der Waals surface area contributed by atoms with Crippen LogP contribution in [0.1, 0.15) is 17.9 Å². The molecule has 7 heteroatoms. The highest BCUT2D eigenvalue weighted by Crippen LogP contribution is 2.17. The number of likely N-dealkylation sites (tertiary alicyclic amines) is 1. The molecule has 1 aliphatic heterocycles. The average molecular weight is 329 g/mol. The number of hydrogen-bond donors (Lipinski definition) is 1. The molecule has 1 saturated heterocycles. The molecule has 0 spiro atoms. The molecule has 128 valence electrons. The van der Waals surface area contributed by atoms with E-state index in [0.717, 1.165) is 30.6 Å². The van der Waals surface area contributed by atoms with Crippen LogP contribution in [0.25, 0.3) is 11.4 Å². The number of carbonyl (C=O) groups is 1. The van der Waals surface area contributed by atoms with Crippen LogP contribution in [0.2, 0.25) is 0 Å². The van der Waals surface area contributed by atoms with Crippen molar-refractivity contribution in [2.75, 3.05) is 27.2 Å². The van der Waals surface area contributed by atoms with E-state index in [1.54, 1.807) is 4.90 Å². The predicted molar refractivity (Wildman–Crippen MR) is 90.4 cm³/mol. The summed E-state index contributed by atoms with van der Waals surface area (Å²) in [5, 5.41) is 6.82. The van der Waals surface area contributed by atoms with Crippen LogP contribution in [0.15, 0.2) is 28.8 Å². The van der Waals surface area contributed by atoms with Gasteiger partial charge in [0.2, 0.25) is 11.7 Å². The first-order chi connectivity index (χ1) is 11.5. The molecule has 0 unspecified atom stereocenters. The van der Waals surface area contributed by atoms with Crippen molar-refractivity contribution in [1.82, 2.24) is 25.3 Å². The summed E-state index contributed by atoms with van der Waals surface area (Å²) in [6.45, 7) is 4.17. The number of benzene rings is 1. The van der Waals surface area contributed by atoms with Crippen molar-refractivity contribution >= 4 is 6.03 Å². The van der Waals surface area contributed by atoms with E-state index in [1.807, 2.05) is 38.2 Å². The van der Waals surface area contributed by atoms with Gasteiger partial charge in [0.15, 0.2) is 0 Å². The molecule has 3 rings (SSSR count). The van der Waals surface area contributed by atoms with Crippen molar-refractivity contribution in [3.8, 4) is 11.4 Å². The Labute approximate surface area is 141 Å². The quantitative estimate of drug-likeness (QED) is 0.927. The number of carbonyl (C=O) groups excluding carboxylic acids is 1. The zero-order valence-corrected chi connectivity index (χ0v) is 14.3. The van der Waals surface area contributed by atoms with Crippen molar-refractivity contribution in [1.29, 1.82) is 0 Å². The number of aromatic nitrogens is 2. The SMILES string of the molecule is Cc1cccc(-c2noc(CNC(=O)N(C)[C@@H]3CCN(C)C3)n2)c1. The minimum atomic E-state index is -0.120. The molecule has 0 aliphatic carbocycles. The minimum Gasteiger partial charge on any atom is -0.337 e. The fourth-order valence-corrected chi connectivity index (χ4v) is 2.90. The molecule has 2 aromatic rings. The van der Waals surface area contributed by atoms with E-state index >= 15 is 0 Å². The molecule has 1 N–H and O–H groups in total. The van der Waals surface area contributed by atoms with Gasteiger partial charge < -0.3 is 19.6 Å². The van der Waals surface area contributed by atoms with Gasteiger partial charge in [-0.2, -0.15) is 4.98 Å². The molecule has 0 saturated carbocycles. The Hall–Kier alpha value is -2.41. The smallest absolute Gasteiger partial charge is 0.317 e. The highest BCUT2D eigenvalue weighted by atomic mass is 16.5. The molecule has 1 aliphatic rings. The van der Waals surface area contributed by atoms with E-state index in [0.29, 0.717) is 11.7 Å². The number of aryl methyl sites for hydroxylation is 1. The highest BCUT2D eigenvalue weighted by molar-refractivity contribution is 5.74. The Kier molecular flexibility index (Phi) is 4.80. The molecule has 1 fully saturated rings. The van der Waals surface area contributed by atoms with Crippen LogP contribution in [-0.4, -0.2) is 59.2 Å². The topological polar surface area (TPSA) is 74.5 Å². The van der Waals surface area contributed by atoms with E-state index < -0.39 is 0 Å². The second-order valence-electron chi connectivity index (χ2n) is 6.36. The Balaban J connectivity index is 1.56. The van der Waals surface area contributed by atoms with Gasteiger partial charge in [0.05, 0.1) is 6.54 Å². The lowest BCUT2D eigenvalue weighted by Gasteiger charge is -2.24. The largest absolute Gasteiger partial charge is 0.337 e. The van der Waals surface area contributed by atoms with Gasteiger partial charge in [-0.1, -0.05) is 28.9 Å². The predicted octanol–water partition coefficient (Wildman–Crippen LogP) is 1.89. The Morgan fingerprint density at radius 2 is 2.33 bits per heavy atom. The number of nitrogens with zero attached hydrogens (tertiary/aromatic N) is 4. The van der Waals surface area contributed by atoms with Crippen LogP contribution in [0, 0.1) is 6.92 Å². The van der Waals surface area contributed by atoms with E-state index in [1.165, 1.54) is 0 Å². The number of amides is 2. The normalized spacial score (nSPS) is 17.9. The summed E-state index contributed by atoms with van der Waals surface area (Å²) in [6.07, 6.45) is 0.998. The number of hydrogen-bond acceptors (Lipinski definition) is 5. The molecule has 2 amide bonds. The summed E-state index contributed by atoms with van der Waals surface area (Å²) in [4.78, 5) is 20.6. The Morgan fingerprint density at radius 3 is 3.04 bits per heavy atom. The zero-order chi connectivity index (χ0) is 17.1.